The highest BCUT2D eigenvalue weighted by Crippen LogP contribution is 2.24. The van der Waals surface area contributed by atoms with Crippen LogP contribution in [0.1, 0.15) is 25.7 Å². The van der Waals surface area contributed by atoms with E-state index in [-0.39, 0.29) is 36.3 Å². The Labute approximate surface area is 227 Å². The maximum absolute atomic E-state index is 12.7. The molecule has 0 aliphatic carbocycles. The number of benzene rings is 1. The van der Waals surface area contributed by atoms with Crippen molar-refractivity contribution in [3.63, 3.8) is 0 Å². The van der Waals surface area contributed by atoms with Gasteiger partial charge >= 0.3 is 0 Å². The molecule has 0 radical (unpaired) electrons. The lowest BCUT2D eigenvalue weighted by molar-refractivity contribution is -0.126. The van der Waals surface area contributed by atoms with E-state index in [1.807, 2.05) is 24.3 Å². The summed E-state index contributed by atoms with van der Waals surface area (Å²) in [5.74, 6) is 1.53. The number of para-hydroxylation sites is 1. The summed E-state index contributed by atoms with van der Waals surface area (Å²) >= 11 is 6.25. The Morgan fingerprint density at radius 3 is 2.66 bits per heavy atom. The van der Waals surface area contributed by atoms with Crippen LogP contribution in [-0.4, -0.2) is 84.3 Å². The molecule has 1 aromatic heterocycles. The number of rotatable bonds is 12. The van der Waals surface area contributed by atoms with E-state index < -0.39 is 0 Å². The predicted molar refractivity (Wildman–Crippen MR) is 147 cm³/mol. The van der Waals surface area contributed by atoms with Gasteiger partial charge < -0.3 is 36.6 Å². The van der Waals surface area contributed by atoms with Crippen molar-refractivity contribution in [2.24, 2.45) is 11.8 Å². The van der Waals surface area contributed by atoms with Crippen molar-refractivity contribution >= 4 is 46.9 Å². The van der Waals surface area contributed by atoms with Gasteiger partial charge in [-0.1, -0.05) is 23.7 Å². The fourth-order valence-corrected chi connectivity index (χ4v) is 4.83. The Kier molecular flexibility index (Phi) is 9.77. The topological polar surface area (TPSA) is 156 Å². The van der Waals surface area contributed by atoms with Crippen LogP contribution in [0.2, 0.25) is 5.02 Å². The Bertz CT molecular complexity index is 1100. The lowest BCUT2D eigenvalue weighted by Crippen LogP contribution is -2.42. The fraction of sp³-hybridized carbons (Fsp3) is 0.560. The summed E-state index contributed by atoms with van der Waals surface area (Å²) in [6.07, 6.45) is 2.33. The maximum Gasteiger partial charge on any atom is 0.231 e. The summed E-state index contributed by atoms with van der Waals surface area (Å²) in [5, 5.41) is 25.6. The first-order valence-corrected chi connectivity index (χ1v) is 13.4. The summed E-state index contributed by atoms with van der Waals surface area (Å²) in [5.41, 5.74) is 0.812. The molecule has 2 atom stereocenters. The highest BCUT2D eigenvalue weighted by molar-refractivity contribution is 6.33. The van der Waals surface area contributed by atoms with Gasteiger partial charge in [-0.3, -0.25) is 9.59 Å². The average molecular weight is 546 g/mol. The number of halogens is 1. The zero-order valence-electron chi connectivity index (χ0n) is 21.5. The number of carbonyl (C=O) groups is 2. The number of nitrogens with one attached hydrogen (secondary N) is 5. The summed E-state index contributed by atoms with van der Waals surface area (Å²) in [6, 6.07) is 7.33. The van der Waals surface area contributed by atoms with Crippen LogP contribution in [0.25, 0.3) is 0 Å². The smallest absolute Gasteiger partial charge is 0.231 e. The van der Waals surface area contributed by atoms with E-state index in [1.165, 1.54) is 0 Å². The fourth-order valence-electron chi connectivity index (χ4n) is 4.62. The van der Waals surface area contributed by atoms with Gasteiger partial charge in [-0.05, 0) is 31.4 Å². The van der Waals surface area contributed by atoms with E-state index in [9.17, 15) is 14.7 Å². The van der Waals surface area contributed by atoms with Gasteiger partial charge in [0.25, 0.3) is 0 Å². The van der Waals surface area contributed by atoms with Crippen molar-refractivity contribution in [3.8, 4) is 0 Å². The lowest BCUT2D eigenvalue weighted by Gasteiger charge is -2.31. The Morgan fingerprint density at radius 1 is 1.21 bits per heavy atom. The van der Waals surface area contributed by atoms with Gasteiger partial charge in [0.1, 0.15) is 0 Å². The van der Waals surface area contributed by atoms with Crippen LogP contribution in [0.5, 0.6) is 0 Å². The number of aromatic nitrogens is 3. The van der Waals surface area contributed by atoms with Crippen molar-refractivity contribution in [1.29, 1.82) is 0 Å². The largest absolute Gasteiger partial charge is 0.396 e. The third kappa shape index (κ3) is 7.57. The number of hydrogen-bond donors (Lipinski definition) is 6. The summed E-state index contributed by atoms with van der Waals surface area (Å²) in [4.78, 5) is 39.7. The standard InChI is InChI=1S/C25H36ClN9O3/c1-27-23-32-24(31-18(8-11-36)15-28-20-5-3-2-4-19(20)26)34-25(33-23)35-9-6-17(7-10-35)22(38)30-14-16-12-21(37)29-13-16/h2-5,16-18,28,36H,6-15H2,1H3,(H,29,37)(H,30,38)(H2,27,31,32,33,34). The zero-order valence-corrected chi connectivity index (χ0v) is 22.3. The van der Waals surface area contributed by atoms with E-state index in [0.29, 0.717) is 81.3 Å². The number of carbonyl (C=O) groups excluding carboxylic acids is 2. The van der Waals surface area contributed by atoms with Crippen LogP contribution in [-0.2, 0) is 9.59 Å². The molecule has 3 heterocycles. The second-order valence-electron chi connectivity index (χ2n) is 9.63. The van der Waals surface area contributed by atoms with Gasteiger partial charge in [-0.2, -0.15) is 15.0 Å². The van der Waals surface area contributed by atoms with Crippen LogP contribution in [0.3, 0.4) is 0 Å². The SMILES string of the molecule is CNc1nc(NC(CCO)CNc2ccccc2Cl)nc(N2CCC(C(=O)NCC3CNC(=O)C3)CC2)n1. The lowest BCUT2D eigenvalue weighted by atomic mass is 9.96. The van der Waals surface area contributed by atoms with E-state index in [4.69, 9.17) is 11.6 Å². The quantitative estimate of drug-likeness (QED) is 0.230. The molecule has 2 aromatic rings. The molecule has 0 saturated carbocycles. The summed E-state index contributed by atoms with van der Waals surface area (Å²) in [7, 11) is 1.75. The van der Waals surface area contributed by atoms with Gasteiger partial charge in [0.05, 0.1) is 10.7 Å². The average Bonchev–Trinajstić information content (AvgIpc) is 3.36. The van der Waals surface area contributed by atoms with Gasteiger partial charge in [0, 0.05) is 70.7 Å². The molecule has 2 amide bonds. The molecule has 2 saturated heterocycles. The molecular formula is C25H36ClN9O3. The zero-order chi connectivity index (χ0) is 26.9. The number of amides is 2. The Hall–Kier alpha value is -3.38. The molecule has 4 rings (SSSR count). The number of aliphatic hydroxyl groups is 1. The second kappa shape index (κ2) is 13.4. The monoisotopic (exact) mass is 545 g/mol. The Morgan fingerprint density at radius 2 is 1.97 bits per heavy atom. The molecule has 1 aromatic carbocycles. The van der Waals surface area contributed by atoms with E-state index >= 15 is 0 Å². The molecule has 38 heavy (non-hydrogen) atoms. The highest BCUT2D eigenvalue weighted by atomic mass is 35.5. The normalized spacial score (nSPS) is 18.6. The minimum absolute atomic E-state index is 0.00182. The number of piperidine rings is 1. The highest BCUT2D eigenvalue weighted by Gasteiger charge is 2.28. The van der Waals surface area contributed by atoms with Gasteiger partial charge in [0.15, 0.2) is 0 Å². The number of anilines is 4. The molecule has 12 nitrogen and oxygen atoms in total. The Balaban J connectivity index is 1.33. The summed E-state index contributed by atoms with van der Waals surface area (Å²) < 4.78 is 0. The minimum Gasteiger partial charge on any atom is -0.396 e. The van der Waals surface area contributed by atoms with Crippen molar-refractivity contribution in [3.05, 3.63) is 29.3 Å². The van der Waals surface area contributed by atoms with E-state index in [2.05, 4.69) is 46.4 Å². The number of nitrogens with zero attached hydrogens (tertiary/aromatic N) is 4. The first-order chi connectivity index (χ1) is 18.4. The van der Waals surface area contributed by atoms with Gasteiger partial charge in [-0.25, -0.2) is 0 Å². The van der Waals surface area contributed by atoms with Gasteiger partial charge in [0.2, 0.25) is 29.7 Å². The molecule has 2 unspecified atom stereocenters. The van der Waals surface area contributed by atoms with Gasteiger partial charge in [-0.15, -0.1) is 0 Å². The molecule has 6 N–H and O–H groups in total. The van der Waals surface area contributed by atoms with Crippen LogP contribution < -0.4 is 31.5 Å². The third-order valence-corrected chi connectivity index (χ3v) is 7.18. The van der Waals surface area contributed by atoms with Crippen LogP contribution in [0, 0.1) is 11.8 Å². The number of aliphatic hydroxyl groups excluding tert-OH is 1. The molecule has 0 bridgehead atoms. The van der Waals surface area contributed by atoms with Crippen LogP contribution in [0.4, 0.5) is 23.5 Å². The predicted octanol–water partition coefficient (Wildman–Crippen LogP) is 1.31. The van der Waals surface area contributed by atoms with Crippen LogP contribution in [0.15, 0.2) is 24.3 Å². The second-order valence-corrected chi connectivity index (χ2v) is 10.0. The molecular weight excluding hydrogens is 510 g/mol. The van der Waals surface area contributed by atoms with Crippen molar-refractivity contribution in [2.75, 3.05) is 67.2 Å². The van der Waals surface area contributed by atoms with Crippen molar-refractivity contribution in [1.82, 2.24) is 25.6 Å². The van der Waals surface area contributed by atoms with Crippen molar-refractivity contribution in [2.45, 2.75) is 31.7 Å². The van der Waals surface area contributed by atoms with Crippen molar-refractivity contribution < 1.29 is 14.7 Å². The molecule has 0 spiro atoms. The van der Waals surface area contributed by atoms with E-state index in [1.54, 1.807) is 7.05 Å². The molecule has 206 valence electrons. The summed E-state index contributed by atoms with van der Waals surface area (Å²) in [6.45, 7) is 2.93. The molecule has 2 fully saturated rings. The minimum atomic E-state index is -0.156. The molecule has 2 aliphatic heterocycles. The maximum atomic E-state index is 12.7. The first kappa shape index (κ1) is 27.6. The number of hydrogen-bond acceptors (Lipinski definition) is 10. The molecule has 13 heteroatoms. The first-order valence-electron chi connectivity index (χ1n) is 13.0. The van der Waals surface area contributed by atoms with Crippen LogP contribution >= 0.6 is 11.6 Å². The third-order valence-electron chi connectivity index (χ3n) is 6.85. The van der Waals surface area contributed by atoms with E-state index in [0.717, 1.165) is 5.69 Å². The molecule has 2 aliphatic rings.